The number of nitrogens with one attached hydrogen (secondary N) is 3. The Morgan fingerprint density at radius 1 is 1.20 bits per heavy atom. The lowest BCUT2D eigenvalue weighted by Crippen LogP contribution is -2.78. The number of carbonyl (C=O) groups is 2. The molecule has 0 bridgehead atoms. The Morgan fingerprint density at radius 2 is 2.00 bits per heavy atom. The van der Waals surface area contributed by atoms with Gasteiger partial charge in [-0.2, -0.15) is 0 Å². The fourth-order valence-corrected chi connectivity index (χ4v) is 5.93. The summed E-state index contributed by atoms with van der Waals surface area (Å²) < 4.78 is 5.84. The van der Waals surface area contributed by atoms with Crippen LogP contribution in [-0.4, -0.2) is 98.1 Å². The third-order valence-electron chi connectivity index (χ3n) is 7.94. The Bertz CT molecular complexity index is 1440. The fourth-order valence-electron chi connectivity index (χ4n) is 5.93. The van der Waals surface area contributed by atoms with Crippen molar-refractivity contribution in [1.82, 2.24) is 30.8 Å². The standard InChI is InChI=1S/C25H30N10O5/c1-23(2)11-40-17-12(4-3-5-13(17)23)19(36)32-16-10-35-22(27)31-14(9-30-20(37)15-8-28-6-7-29-15)18-24(35,25(16,38)39)34-21(26)33-18/h3-8,14,16,18,38-39H,9-11H2,1-2H3,(H2,27,31)(H,30,37)(H,32,36)(H3,26,33,34)/t14-,16?,18?,24?/m0/s1. The third kappa shape index (κ3) is 3.65. The second-order valence-electron chi connectivity index (χ2n) is 10.9. The average Bonchev–Trinajstić information content (AvgIpc) is 3.52. The number of ether oxygens (including phenoxy) is 1. The van der Waals surface area contributed by atoms with Gasteiger partial charge in [0, 0.05) is 36.5 Å². The minimum Gasteiger partial charge on any atom is -0.492 e. The fraction of sp³-hybridized carbons (Fsp3) is 0.440. The number of aromatic nitrogens is 2. The van der Waals surface area contributed by atoms with Gasteiger partial charge >= 0.3 is 0 Å². The molecule has 9 N–H and O–H groups in total. The molecule has 4 atom stereocenters. The molecule has 0 aliphatic carbocycles. The minimum absolute atomic E-state index is 0.0395. The van der Waals surface area contributed by atoms with Crippen LogP contribution >= 0.6 is 0 Å². The van der Waals surface area contributed by atoms with E-state index in [1.165, 1.54) is 23.5 Å². The Hall–Kier alpha value is -4.50. The van der Waals surface area contributed by atoms with E-state index in [9.17, 15) is 19.8 Å². The number of hydrogen-bond acceptors (Lipinski definition) is 13. The Balaban J connectivity index is 1.26. The van der Waals surface area contributed by atoms with Gasteiger partial charge in [0.2, 0.25) is 5.79 Å². The molecule has 6 rings (SSSR count). The summed E-state index contributed by atoms with van der Waals surface area (Å²) in [6.45, 7) is 4.28. The van der Waals surface area contributed by atoms with Gasteiger partial charge in [0.25, 0.3) is 11.8 Å². The van der Waals surface area contributed by atoms with E-state index in [0.29, 0.717) is 12.4 Å². The normalized spacial score (nSPS) is 28.7. The maximum atomic E-state index is 13.5. The number of nitrogens with zero attached hydrogens (tertiary/aromatic N) is 5. The molecule has 0 radical (unpaired) electrons. The van der Waals surface area contributed by atoms with Gasteiger partial charge in [0.05, 0.1) is 24.4 Å². The summed E-state index contributed by atoms with van der Waals surface area (Å²) in [7, 11) is 0. The highest BCUT2D eigenvalue weighted by atomic mass is 16.5. The van der Waals surface area contributed by atoms with Crippen LogP contribution in [0.2, 0.25) is 0 Å². The first-order chi connectivity index (χ1) is 19.0. The summed E-state index contributed by atoms with van der Waals surface area (Å²) in [6, 6.07) is 2.25. The smallest absolute Gasteiger partial charge is 0.271 e. The molecule has 2 aromatic rings. The van der Waals surface area contributed by atoms with Crippen molar-refractivity contribution in [3.05, 3.63) is 53.6 Å². The number of para-hydroxylation sites is 1. The number of aliphatic hydroxyl groups is 2. The molecule has 1 fully saturated rings. The molecule has 5 heterocycles. The van der Waals surface area contributed by atoms with Gasteiger partial charge in [-0.05, 0) is 6.07 Å². The molecule has 4 aliphatic heterocycles. The third-order valence-corrected chi connectivity index (χ3v) is 7.94. The summed E-state index contributed by atoms with van der Waals surface area (Å²) in [4.78, 5) is 44.2. The molecule has 1 aromatic heterocycles. The van der Waals surface area contributed by atoms with Crippen LogP contribution in [0.4, 0.5) is 0 Å². The highest BCUT2D eigenvalue weighted by Gasteiger charge is 2.73. The first kappa shape index (κ1) is 25.8. The SMILES string of the molecule is CC1(C)COc2c(C(=O)NC3CN4C(N)=N[C@@H](CNC(=O)c5cnccn5)C5N=C(N)NC54C3(O)O)cccc21. The second kappa shape index (κ2) is 8.76. The molecular formula is C25H30N10O5. The van der Waals surface area contributed by atoms with Gasteiger partial charge in [-0.1, -0.05) is 26.0 Å². The zero-order valence-electron chi connectivity index (χ0n) is 21.8. The first-order valence-corrected chi connectivity index (χ1v) is 12.7. The van der Waals surface area contributed by atoms with E-state index in [-0.39, 0.29) is 41.7 Å². The van der Waals surface area contributed by atoms with Gasteiger partial charge in [-0.25, -0.2) is 15.0 Å². The van der Waals surface area contributed by atoms with Crippen molar-refractivity contribution in [2.45, 2.75) is 48.8 Å². The summed E-state index contributed by atoms with van der Waals surface area (Å²) in [5.74, 6) is -3.31. The average molecular weight is 551 g/mol. The summed E-state index contributed by atoms with van der Waals surface area (Å²) >= 11 is 0. The Morgan fingerprint density at radius 3 is 2.75 bits per heavy atom. The van der Waals surface area contributed by atoms with Crippen molar-refractivity contribution in [2.24, 2.45) is 21.5 Å². The van der Waals surface area contributed by atoms with Crippen LogP contribution in [0.3, 0.4) is 0 Å². The van der Waals surface area contributed by atoms with Crippen LogP contribution < -0.4 is 32.2 Å². The maximum Gasteiger partial charge on any atom is 0.271 e. The van der Waals surface area contributed by atoms with E-state index in [1.807, 2.05) is 19.9 Å². The van der Waals surface area contributed by atoms with Crippen molar-refractivity contribution in [1.29, 1.82) is 0 Å². The molecule has 15 nitrogen and oxygen atoms in total. The lowest BCUT2D eigenvalue weighted by atomic mass is 9.84. The lowest BCUT2D eigenvalue weighted by molar-refractivity contribution is -0.230. The van der Waals surface area contributed by atoms with Gasteiger partial charge in [-0.3, -0.25) is 14.6 Å². The molecule has 2 amide bonds. The number of fused-ring (bicyclic) bond motifs is 1. The van der Waals surface area contributed by atoms with E-state index >= 15 is 0 Å². The molecule has 4 aliphatic rings. The highest BCUT2D eigenvalue weighted by Crippen LogP contribution is 2.45. The zero-order valence-corrected chi connectivity index (χ0v) is 21.8. The molecule has 210 valence electrons. The molecule has 40 heavy (non-hydrogen) atoms. The van der Waals surface area contributed by atoms with Crippen molar-refractivity contribution >= 4 is 23.7 Å². The van der Waals surface area contributed by atoms with Crippen LogP contribution in [0.1, 0.15) is 40.3 Å². The van der Waals surface area contributed by atoms with Crippen molar-refractivity contribution in [3.8, 4) is 5.75 Å². The van der Waals surface area contributed by atoms with E-state index in [0.717, 1.165) is 5.56 Å². The van der Waals surface area contributed by atoms with Crippen LogP contribution in [0, 0.1) is 0 Å². The predicted molar refractivity (Wildman–Crippen MR) is 141 cm³/mol. The van der Waals surface area contributed by atoms with E-state index in [2.05, 4.69) is 35.9 Å². The number of aliphatic imine (C=N–C) groups is 2. The van der Waals surface area contributed by atoms with Crippen LogP contribution in [0.15, 0.2) is 46.8 Å². The summed E-state index contributed by atoms with van der Waals surface area (Å²) in [5, 5.41) is 31.6. The van der Waals surface area contributed by atoms with Crippen LogP contribution in [0.5, 0.6) is 5.75 Å². The number of benzene rings is 1. The number of hydrogen-bond donors (Lipinski definition) is 7. The molecule has 0 saturated carbocycles. The molecule has 1 spiro atoms. The van der Waals surface area contributed by atoms with Crippen molar-refractivity contribution < 1.29 is 24.5 Å². The zero-order chi connectivity index (χ0) is 28.4. The Labute approximate surface area is 228 Å². The van der Waals surface area contributed by atoms with Gasteiger partial charge in [-0.15, -0.1) is 0 Å². The number of amides is 2. The molecule has 1 saturated heterocycles. The quantitative estimate of drug-likeness (QED) is 0.190. The van der Waals surface area contributed by atoms with Gasteiger partial charge in [0.15, 0.2) is 17.6 Å². The minimum atomic E-state index is -2.62. The van der Waals surface area contributed by atoms with E-state index in [1.54, 1.807) is 12.1 Å². The number of rotatable bonds is 5. The van der Waals surface area contributed by atoms with Crippen LogP contribution in [0.25, 0.3) is 0 Å². The lowest BCUT2D eigenvalue weighted by Gasteiger charge is -2.49. The van der Waals surface area contributed by atoms with E-state index in [4.69, 9.17) is 16.2 Å². The number of nitrogens with two attached hydrogens (primary N) is 2. The van der Waals surface area contributed by atoms with Crippen LogP contribution in [-0.2, 0) is 5.41 Å². The monoisotopic (exact) mass is 550 g/mol. The maximum absolute atomic E-state index is 13.5. The topological polar surface area (TPSA) is 226 Å². The molecular weight excluding hydrogens is 520 g/mol. The Kier molecular flexibility index (Phi) is 5.64. The number of guanidine groups is 2. The second-order valence-corrected chi connectivity index (χ2v) is 10.9. The van der Waals surface area contributed by atoms with E-state index < -0.39 is 41.4 Å². The van der Waals surface area contributed by atoms with Gasteiger partial charge in [0.1, 0.15) is 23.5 Å². The van der Waals surface area contributed by atoms with Crippen molar-refractivity contribution in [3.63, 3.8) is 0 Å². The molecule has 15 heteroatoms. The van der Waals surface area contributed by atoms with Crippen molar-refractivity contribution in [2.75, 3.05) is 19.7 Å². The first-order valence-electron chi connectivity index (χ1n) is 12.7. The largest absolute Gasteiger partial charge is 0.492 e. The molecule has 3 unspecified atom stereocenters. The molecule has 1 aromatic carbocycles. The summed E-state index contributed by atoms with van der Waals surface area (Å²) in [6.07, 6.45) is 4.15. The summed E-state index contributed by atoms with van der Waals surface area (Å²) in [5.41, 5.74) is 11.6. The highest BCUT2D eigenvalue weighted by molar-refractivity contribution is 5.98. The number of carbonyl (C=O) groups excluding carboxylic acids is 2. The van der Waals surface area contributed by atoms with Gasteiger partial charge < -0.3 is 47.3 Å². The predicted octanol–water partition coefficient (Wildman–Crippen LogP) is -2.65.